The van der Waals surface area contributed by atoms with Crippen LogP contribution in [0, 0.1) is 13.8 Å². The molecule has 0 aliphatic heterocycles. The lowest BCUT2D eigenvalue weighted by Crippen LogP contribution is -2.28. The van der Waals surface area contributed by atoms with Crippen LogP contribution in [0.2, 0.25) is 0 Å². The molecule has 4 aromatic rings. The molecule has 0 aliphatic rings. The molecule has 5 nitrogen and oxygen atoms in total. The maximum absolute atomic E-state index is 12.8. The van der Waals surface area contributed by atoms with Gasteiger partial charge in [-0.05, 0) is 49.6 Å². The normalized spacial score (nSPS) is 11.8. The number of benzene rings is 3. The van der Waals surface area contributed by atoms with Gasteiger partial charge in [0.1, 0.15) is 5.82 Å². The van der Waals surface area contributed by atoms with Crippen molar-refractivity contribution in [3.05, 3.63) is 95.3 Å². The number of hydrogen-bond acceptors (Lipinski definition) is 3. The quantitative estimate of drug-likeness (QED) is 0.447. The van der Waals surface area contributed by atoms with Crippen LogP contribution in [0.4, 0.5) is 0 Å². The second-order valence-corrected chi connectivity index (χ2v) is 9.56. The number of para-hydroxylation sites is 2. The molecule has 0 unspecified atom stereocenters. The number of imidazole rings is 1. The van der Waals surface area contributed by atoms with E-state index >= 15 is 0 Å². The Morgan fingerprint density at radius 1 is 0.903 bits per heavy atom. The number of rotatable bonds is 8. The van der Waals surface area contributed by atoms with E-state index in [0.717, 1.165) is 40.8 Å². The molecular formula is C25H27N3O2S. The van der Waals surface area contributed by atoms with E-state index in [-0.39, 0.29) is 0 Å². The molecule has 0 amide bonds. The number of sulfonamides is 1. The van der Waals surface area contributed by atoms with Crippen LogP contribution in [-0.2, 0) is 29.4 Å². The lowest BCUT2D eigenvalue weighted by molar-refractivity contribution is 0.570. The van der Waals surface area contributed by atoms with Crippen LogP contribution in [-0.4, -0.2) is 24.5 Å². The predicted molar refractivity (Wildman–Crippen MR) is 125 cm³/mol. The third-order valence-electron chi connectivity index (χ3n) is 5.46. The molecule has 0 fully saturated rings. The maximum Gasteiger partial charge on any atom is 0.240 e. The summed E-state index contributed by atoms with van der Waals surface area (Å²) >= 11 is 0. The van der Waals surface area contributed by atoms with Crippen molar-refractivity contribution < 1.29 is 8.42 Å². The molecule has 4 rings (SSSR count). The van der Waals surface area contributed by atoms with Crippen LogP contribution in [0.15, 0.2) is 77.7 Å². The molecule has 6 heteroatoms. The highest BCUT2D eigenvalue weighted by Crippen LogP contribution is 2.19. The van der Waals surface area contributed by atoms with Gasteiger partial charge in [-0.15, -0.1) is 0 Å². The Morgan fingerprint density at radius 3 is 2.42 bits per heavy atom. The van der Waals surface area contributed by atoms with E-state index in [1.54, 1.807) is 6.07 Å². The molecule has 0 atom stereocenters. The minimum Gasteiger partial charge on any atom is -0.327 e. The van der Waals surface area contributed by atoms with Crippen molar-refractivity contribution in [1.29, 1.82) is 0 Å². The molecule has 0 spiro atoms. The van der Waals surface area contributed by atoms with Crippen LogP contribution in [0.25, 0.3) is 11.0 Å². The van der Waals surface area contributed by atoms with E-state index in [1.807, 2.05) is 68.4 Å². The van der Waals surface area contributed by atoms with Crippen LogP contribution in [0.5, 0.6) is 0 Å². The molecule has 0 saturated carbocycles. The first kappa shape index (κ1) is 21.3. The second kappa shape index (κ2) is 9.04. The van der Waals surface area contributed by atoms with Gasteiger partial charge in [0.25, 0.3) is 0 Å². The first-order chi connectivity index (χ1) is 14.9. The monoisotopic (exact) mass is 433 g/mol. The molecule has 3 aromatic carbocycles. The number of aryl methyl sites for hydroxylation is 4. The summed E-state index contributed by atoms with van der Waals surface area (Å²) < 4.78 is 30.5. The van der Waals surface area contributed by atoms with E-state index < -0.39 is 10.0 Å². The summed E-state index contributed by atoms with van der Waals surface area (Å²) in [5.41, 5.74) is 5.02. The Balaban J connectivity index is 1.52. The van der Waals surface area contributed by atoms with Crippen molar-refractivity contribution in [1.82, 2.24) is 14.3 Å². The molecule has 0 saturated heterocycles. The topological polar surface area (TPSA) is 64.0 Å². The number of nitrogens with zero attached hydrogens (tertiary/aromatic N) is 2. The number of fused-ring (bicyclic) bond motifs is 1. The summed E-state index contributed by atoms with van der Waals surface area (Å²) in [7, 11) is -3.57. The second-order valence-electron chi connectivity index (χ2n) is 7.82. The standard InChI is InChI=1S/C25H27N3O2S/c1-19-12-14-24(20(2)18-19)31(29,30)26-16-17-28-23-11-7-6-10-22(23)27-25(28)15-13-21-8-4-3-5-9-21/h3-12,14,18,26H,13,15-17H2,1-2H3. The van der Waals surface area contributed by atoms with Gasteiger partial charge in [0.05, 0.1) is 15.9 Å². The van der Waals surface area contributed by atoms with E-state index in [4.69, 9.17) is 4.98 Å². The Bertz CT molecular complexity index is 1300. The summed E-state index contributed by atoms with van der Waals surface area (Å²) in [4.78, 5) is 5.14. The van der Waals surface area contributed by atoms with Gasteiger partial charge in [0.2, 0.25) is 10.0 Å². The third-order valence-corrected chi connectivity index (χ3v) is 7.08. The highest BCUT2D eigenvalue weighted by Gasteiger charge is 2.17. The molecule has 160 valence electrons. The molecule has 31 heavy (non-hydrogen) atoms. The highest BCUT2D eigenvalue weighted by molar-refractivity contribution is 7.89. The van der Waals surface area contributed by atoms with E-state index in [1.165, 1.54) is 5.56 Å². The van der Waals surface area contributed by atoms with E-state index in [9.17, 15) is 8.42 Å². The summed E-state index contributed by atoms with van der Waals surface area (Å²) in [5, 5.41) is 0. The van der Waals surface area contributed by atoms with Crippen molar-refractivity contribution in [3.63, 3.8) is 0 Å². The molecule has 0 radical (unpaired) electrons. The van der Waals surface area contributed by atoms with E-state index in [2.05, 4.69) is 21.4 Å². The number of hydrogen-bond donors (Lipinski definition) is 1. The smallest absolute Gasteiger partial charge is 0.240 e. The van der Waals surface area contributed by atoms with Crippen LogP contribution < -0.4 is 4.72 Å². The fourth-order valence-electron chi connectivity index (χ4n) is 3.94. The van der Waals surface area contributed by atoms with Crippen molar-refractivity contribution in [2.75, 3.05) is 6.54 Å². The van der Waals surface area contributed by atoms with Gasteiger partial charge in [-0.2, -0.15) is 0 Å². The third kappa shape index (κ3) is 4.86. The Labute approximate surface area is 183 Å². The summed E-state index contributed by atoms with van der Waals surface area (Å²) in [5.74, 6) is 0.968. The molecule has 1 heterocycles. The highest BCUT2D eigenvalue weighted by atomic mass is 32.2. The van der Waals surface area contributed by atoms with Crippen LogP contribution >= 0.6 is 0 Å². The average molecular weight is 434 g/mol. The molecule has 0 aliphatic carbocycles. The van der Waals surface area contributed by atoms with Gasteiger partial charge in [0.15, 0.2) is 0 Å². The first-order valence-corrected chi connectivity index (χ1v) is 12.0. The molecule has 0 bridgehead atoms. The first-order valence-electron chi connectivity index (χ1n) is 10.5. The Kier molecular flexibility index (Phi) is 6.20. The summed E-state index contributed by atoms with van der Waals surface area (Å²) in [6.45, 7) is 4.60. The van der Waals surface area contributed by atoms with Crippen LogP contribution in [0.1, 0.15) is 22.5 Å². The lowest BCUT2D eigenvalue weighted by Gasteiger charge is -2.12. The van der Waals surface area contributed by atoms with Crippen LogP contribution in [0.3, 0.4) is 0 Å². The minimum atomic E-state index is -3.57. The molecule has 1 N–H and O–H groups in total. The zero-order valence-corrected chi connectivity index (χ0v) is 18.7. The van der Waals surface area contributed by atoms with Crippen molar-refractivity contribution in [2.45, 2.75) is 38.1 Å². The van der Waals surface area contributed by atoms with Crippen molar-refractivity contribution in [3.8, 4) is 0 Å². The van der Waals surface area contributed by atoms with Gasteiger partial charge in [0, 0.05) is 19.5 Å². The maximum atomic E-state index is 12.8. The van der Waals surface area contributed by atoms with E-state index in [0.29, 0.717) is 18.0 Å². The van der Waals surface area contributed by atoms with Crippen molar-refractivity contribution in [2.24, 2.45) is 0 Å². The molecule has 1 aromatic heterocycles. The predicted octanol–water partition coefficient (Wildman–Crippen LogP) is 4.42. The SMILES string of the molecule is Cc1ccc(S(=O)(=O)NCCn2c(CCc3ccccc3)nc3ccccc32)c(C)c1. The van der Waals surface area contributed by atoms with Gasteiger partial charge >= 0.3 is 0 Å². The average Bonchev–Trinajstić information content (AvgIpc) is 3.10. The fraction of sp³-hybridized carbons (Fsp3) is 0.240. The number of aromatic nitrogens is 2. The Morgan fingerprint density at radius 2 is 1.65 bits per heavy atom. The summed E-state index contributed by atoms with van der Waals surface area (Å²) in [6.07, 6.45) is 1.68. The Hall–Kier alpha value is -2.96. The zero-order chi connectivity index (χ0) is 21.8. The fourth-order valence-corrected chi connectivity index (χ4v) is 5.18. The summed E-state index contributed by atoms with van der Waals surface area (Å²) in [6, 6.07) is 23.7. The van der Waals surface area contributed by atoms with Crippen molar-refractivity contribution >= 4 is 21.1 Å². The van der Waals surface area contributed by atoms with Gasteiger partial charge < -0.3 is 4.57 Å². The largest absolute Gasteiger partial charge is 0.327 e. The zero-order valence-electron chi connectivity index (χ0n) is 17.9. The minimum absolute atomic E-state index is 0.300. The number of nitrogens with one attached hydrogen (secondary N) is 1. The van der Waals surface area contributed by atoms with Gasteiger partial charge in [-0.25, -0.2) is 18.1 Å². The van der Waals surface area contributed by atoms with Gasteiger partial charge in [-0.3, -0.25) is 0 Å². The van der Waals surface area contributed by atoms with Gasteiger partial charge in [-0.1, -0.05) is 60.2 Å². The molecular weight excluding hydrogens is 406 g/mol. The lowest BCUT2D eigenvalue weighted by atomic mass is 10.1.